The second-order valence-corrected chi connectivity index (χ2v) is 18.2. The van der Waals surface area contributed by atoms with Crippen molar-refractivity contribution in [3.05, 3.63) is 130 Å². The maximum absolute atomic E-state index is 14.6. The van der Waals surface area contributed by atoms with Gasteiger partial charge in [-0.2, -0.15) is 0 Å². The Balaban J connectivity index is 1.19. The standard InChI is InChI=1S/C45H48F2N2O3S2/c1-8-34(9-2)53-35-16-10-30(11-17-35)22-37-28(3)48(41-20-14-32(46)24-39(37)41)26-43(50)52-44(51)27-49-29(4)38(40-25-33(47)15-21-42(40)49)23-31-12-18-36(19-13-31)54-45(5,6)7/h10-21,24-25,34H,8-9,22-23,26-27H2,1-7H3. The molecule has 0 N–H and O–H groups in total. The Morgan fingerprint density at radius 2 is 1.09 bits per heavy atom. The van der Waals surface area contributed by atoms with E-state index in [0.29, 0.717) is 34.5 Å². The zero-order chi connectivity index (χ0) is 38.7. The molecule has 0 radical (unpaired) electrons. The fraction of sp³-hybridized carbons (Fsp3) is 0.333. The van der Waals surface area contributed by atoms with E-state index in [2.05, 4.69) is 83.1 Å². The van der Waals surface area contributed by atoms with Crippen molar-refractivity contribution in [3.8, 4) is 0 Å². The summed E-state index contributed by atoms with van der Waals surface area (Å²) in [6.45, 7) is 14.3. The highest BCUT2D eigenvalue weighted by Gasteiger charge is 2.22. The minimum atomic E-state index is -0.717. The third-order valence-electron chi connectivity index (χ3n) is 9.88. The minimum absolute atomic E-state index is 0.0922. The SMILES string of the molecule is CCC(CC)Sc1ccc(Cc2c(C)n(CC(=O)OC(=O)Cn3c(C)c(Cc4ccc(SC(C)(C)C)cc4)c4cc(F)ccc43)c3ccc(F)cc23)cc1. The number of benzene rings is 4. The van der Waals surface area contributed by atoms with Crippen molar-refractivity contribution in [2.45, 2.75) is 107 Å². The third kappa shape index (κ3) is 9.12. The number of carbonyl (C=O) groups excluding carboxylic acids is 2. The summed E-state index contributed by atoms with van der Waals surface area (Å²) < 4.78 is 38.2. The molecule has 5 nitrogen and oxygen atoms in total. The fourth-order valence-electron chi connectivity index (χ4n) is 7.12. The van der Waals surface area contributed by atoms with Crippen LogP contribution in [0.4, 0.5) is 8.78 Å². The van der Waals surface area contributed by atoms with Gasteiger partial charge in [-0.05, 0) is 122 Å². The number of carbonyl (C=O) groups is 2. The molecule has 0 aliphatic heterocycles. The van der Waals surface area contributed by atoms with Crippen LogP contribution in [-0.4, -0.2) is 31.1 Å². The van der Waals surface area contributed by atoms with Crippen molar-refractivity contribution < 1.29 is 23.1 Å². The monoisotopic (exact) mass is 766 g/mol. The normalized spacial score (nSPS) is 12.0. The van der Waals surface area contributed by atoms with Crippen molar-refractivity contribution in [2.24, 2.45) is 0 Å². The Morgan fingerprint density at radius 3 is 1.50 bits per heavy atom. The van der Waals surface area contributed by atoms with E-state index in [9.17, 15) is 18.4 Å². The van der Waals surface area contributed by atoms with Crippen LogP contribution in [0.1, 0.15) is 81.1 Å². The van der Waals surface area contributed by atoms with Crippen molar-refractivity contribution in [1.82, 2.24) is 9.13 Å². The topological polar surface area (TPSA) is 53.2 Å². The molecule has 2 aromatic heterocycles. The number of aromatic nitrogens is 2. The van der Waals surface area contributed by atoms with Gasteiger partial charge in [-0.25, -0.2) is 18.4 Å². The summed E-state index contributed by atoms with van der Waals surface area (Å²) in [7, 11) is 0. The predicted molar refractivity (Wildman–Crippen MR) is 219 cm³/mol. The average molecular weight is 767 g/mol. The highest BCUT2D eigenvalue weighted by Crippen LogP contribution is 2.34. The van der Waals surface area contributed by atoms with Crippen LogP contribution < -0.4 is 0 Å². The fourth-order valence-corrected chi connectivity index (χ4v) is 9.11. The van der Waals surface area contributed by atoms with Crippen LogP contribution >= 0.6 is 23.5 Å². The molecule has 0 atom stereocenters. The van der Waals surface area contributed by atoms with Gasteiger partial charge in [-0.3, -0.25) is 0 Å². The number of esters is 2. The number of rotatable bonds is 13. The molecule has 4 aromatic carbocycles. The van der Waals surface area contributed by atoms with Gasteiger partial charge in [0, 0.05) is 53.0 Å². The summed E-state index contributed by atoms with van der Waals surface area (Å²) in [4.78, 5) is 29.1. The number of halogens is 2. The number of thioether (sulfide) groups is 2. The zero-order valence-corrected chi connectivity index (χ0v) is 33.7. The quantitative estimate of drug-likeness (QED) is 0.0666. The molecule has 6 aromatic rings. The second-order valence-electron chi connectivity index (χ2n) is 14.9. The third-order valence-corrected chi connectivity index (χ3v) is 12.5. The maximum atomic E-state index is 14.6. The maximum Gasteiger partial charge on any atom is 0.333 e. The highest BCUT2D eigenvalue weighted by atomic mass is 32.2. The molecule has 0 spiro atoms. The van der Waals surface area contributed by atoms with Gasteiger partial charge in [-0.1, -0.05) is 58.9 Å². The molecule has 0 fully saturated rings. The zero-order valence-electron chi connectivity index (χ0n) is 32.1. The molecule has 0 saturated heterocycles. The summed E-state index contributed by atoms with van der Waals surface area (Å²) in [5, 5.41) is 2.01. The first kappa shape index (κ1) is 39.4. The summed E-state index contributed by atoms with van der Waals surface area (Å²) in [5.41, 5.74) is 6.97. The first-order valence-electron chi connectivity index (χ1n) is 18.5. The van der Waals surface area contributed by atoms with E-state index < -0.39 is 11.9 Å². The molecule has 6 rings (SSSR count). The van der Waals surface area contributed by atoms with Gasteiger partial charge in [0.15, 0.2) is 0 Å². The van der Waals surface area contributed by atoms with E-state index in [-0.39, 0.29) is 29.5 Å². The molecule has 0 saturated carbocycles. The second kappa shape index (κ2) is 16.6. The number of hydrogen-bond donors (Lipinski definition) is 0. The Bertz CT molecular complexity index is 2300. The lowest BCUT2D eigenvalue weighted by molar-refractivity contribution is -0.160. The molecule has 0 bridgehead atoms. The molecule has 0 amide bonds. The van der Waals surface area contributed by atoms with Crippen LogP contribution in [0.5, 0.6) is 0 Å². The molecule has 9 heteroatoms. The molecular weight excluding hydrogens is 719 g/mol. The smallest absolute Gasteiger partial charge is 0.333 e. The lowest BCUT2D eigenvalue weighted by atomic mass is 10.0. The number of fused-ring (bicyclic) bond motifs is 2. The van der Waals surface area contributed by atoms with Crippen LogP contribution in [0.15, 0.2) is 94.7 Å². The molecule has 0 aliphatic carbocycles. The average Bonchev–Trinajstić information content (AvgIpc) is 3.51. The first-order valence-corrected chi connectivity index (χ1v) is 20.2. The van der Waals surface area contributed by atoms with Gasteiger partial charge in [0.2, 0.25) is 0 Å². The lowest BCUT2D eigenvalue weighted by Crippen LogP contribution is -2.22. The largest absolute Gasteiger partial charge is 0.390 e. The van der Waals surface area contributed by atoms with E-state index in [4.69, 9.17) is 4.74 Å². The molecule has 0 unspecified atom stereocenters. The first-order chi connectivity index (χ1) is 25.7. The van der Waals surface area contributed by atoms with E-state index in [1.165, 1.54) is 34.1 Å². The Hall–Kier alpha value is -4.34. The van der Waals surface area contributed by atoms with Crippen LogP contribution in [0.25, 0.3) is 21.8 Å². The summed E-state index contributed by atoms with van der Waals surface area (Å²) >= 11 is 3.68. The number of nitrogens with zero attached hydrogens (tertiary/aromatic N) is 2. The summed E-state index contributed by atoms with van der Waals surface area (Å²) in [5.74, 6) is -2.16. The minimum Gasteiger partial charge on any atom is -0.390 e. The van der Waals surface area contributed by atoms with E-state index in [1.807, 2.05) is 25.6 Å². The number of ether oxygens (including phenoxy) is 1. The molecule has 54 heavy (non-hydrogen) atoms. The van der Waals surface area contributed by atoms with Gasteiger partial charge in [0.05, 0.1) is 0 Å². The Labute approximate surface area is 325 Å². The van der Waals surface area contributed by atoms with Crippen LogP contribution in [0.2, 0.25) is 0 Å². The summed E-state index contributed by atoms with van der Waals surface area (Å²) in [6.07, 6.45) is 3.34. The van der Waals surface area contributed by atoms with Crippen molar-refractivity contribution in [2.75, 3.05) is 0 Å². The van der Waals surface area contributed by atoms with E-state index in [1.54, 1.807) is 33.0 Å². The van der Waals surface area contributed by atoms with Crippen molar-refractivity contribution in [1.29, 1.82) is 0 Å². The van der Waals surface area contributed by atoms with Crippen LogP contribution in [0.3, 0.4) is 0 Å². The van der Waals surface area contributed by atoms with Crippen LogP contribution in [-0.2, 0) is 40.3 Å². The number of hydrogen-bond acceptors (Lipinski definition) is 5. The van der Waals surface area contributed by atoms with E-state index in [0.717, 1.165) is 51.9 Å². The van der Waals surface area contributed by atoms with Gasteiger partial charge in [-0.15, -0.1) is 23.5 Å². The van der Waals surface area contributed by atoms with E-state index >= 15 is 0 Å². The molecular formula is C45H48F2N2O3S2. The van der Waals surface area contributed by atoms with Crippen molar-refractivity contribution >= 4 is 57.3 Å². The molecule has 0 aliphatic rings. The lowest BCUT2D eigenvalue weighted by Gasteiger charge is -2.17. The van der Waals surface area contributed by atoms with Crippen molar-refractivity contribution in [3.63, 3.8) is 0 Å². The van der Waals surface area contributed by atoms with Gasteiger partial charge >= 0.3 is 11.9 Å². The van der Waals surface area contributed by atoms with Gasteiger partial charge < -0.3 is 13.9 Å². The Morgan fingerprint density at radius 1 is 0.667 bits per heavy atom. The Kier molecular flexibility index (Phi) is 12.1. The van der Waals surface area contributed by atoms with Gasteiger partial charge in [0.25, 0.3) is 0 Å². The van der Waals surface area contributed by atoms with Crippen LogP contribution in [0, 0.1) is 25.5 Å². The molecule has 2 heterocycles. The molecule has 282 valence electrons. The predicted octanol–water partition coefficient (Wildman–Crippen LogP) is 11.6. The highest BCUT2D eigenvalue weighted by molar-refractivity contribution is 8.00. The summed E-state index contributed by atoms with van der Waals surface area (Å²) in [6, 6.07) is 25.9. The van der Waals surface area contributed by atoms with Gasteiger partial charge in [0.1, 0.15) is 24.7 Å².